The number of ether oxygens (including phenoxy) is 3. The van der Waals surface area contributed by atoms with Crippen LogP contribution in [-0.2, 0) is 55.1 Å². The van der Waals surface area contributed by atoms with E-state index in [-0.39, 0.29) is 18.5 Å². The number of methoxy groups -OCH3 is 2. The number of aliphatic hydroxyl groups excluding tert-OH is 1. The second-order valence-corrected chi connectivity index (χ2v) is 25.3. The topological polar surface area (TPSA) is 430 Å². The number of amides is 1. The Kier molecular flexibility index (Phi) is 60.8. The van der Waals surface area contributed by atoms with Crippen LogP contribution in [0.2, 0.25) is 0 Å². The summed E-state index contributed by atoms with van der Waals surface area (Å²) in [7, 11) is 5.23. The first-order valence-electron chi connectivity index (χ1n) is 37.9. The summed E-state index contributed by atoms with van der Waals surface area (Å²) in [5, 5.41) is 15.7. The molecule has 10 aromatic rings. The molecule has 2 atom stereocenters. The fraction of sp³-hybridized carbons (Fsp3) is 0.364. The zero-order valence-electron chi connectivity index (χ0n) is 65.8. The van der Waals surface area contributed by atoms with Crippen molar-refractivity contribution in [2.75, 3.05) is 79.5 Å². The Balaban J connectivity index is 0.000000599. The van der Waals surface area contributed by atoms with Crippen LogP contribution in [0.5, 0.6) is 11.5 Å². The summed E-state index contributed by atoms with van der Waals surface area (Å²) in [5.41, 5.74) is 75.3. The number of unbranched alkanes of at least 4 members (excludes halogenated alkanes) is 1. The summed E-state index contributed by atoms with van der Waals surface area (Å²) in [6.45, 7) is 11.6. The van der Waals surface area contributed by atoms with Gasteiger partial charge in [-0.2, -0.15) is 0 Å². The van der Waals surface area contributed by atoms with Crippen LogP contribution in [0.3, 0.4) is 0 Å². The molecule has 21 nitrogen and oxygen atoms in total. The number of nitrogen functional groups attached to an aromatic ring is 1. The summed E-state index contributed by atoms with van der Waals surface area (Å²) in [6, 6.07) is 75.2. The number of nitrogens with two attached hydrogens (primary N) is 12. The highest BCUT2D eigenvalue weighted by Crippen LogP contribution is 2.26. The molecule has 22 heteroatoms. The van der Waals surface area contributed by atoms with Gasteiger partial charge in [-0.1, -0.05) is 189 Å². The third-order valence-electron chi connectivity index (χ3n) is 16.1. The number of carbonyl (C=O) groups is 1. The molecule has 3 heterocycles. The van der Waals surface area contributed by atoms with Crippen molar-refractivity contribution in [1.29, 1.82) is 0 Å². The van der Waals surface area contributed by atoms with E-state index in [1.807, 2.05) is 190 Å². The number of aliphatic hydroxyl groups is 1. The van der Waals surface area contributed by atoms with Gasteiger partial charge in [-0.25, -0.2) is 4.39 Å². The number of hydrogen-bond acceptors (Lipinski definition) is 19. The minimum atomic E-state index is -0.576. The third kappa shape index (κ3) is 53.5. The van der Waals surface area contributed by atoms with E-state index < -0.39 is 11.9 Å². The van der Waals surface area contributed by atoms with Gasteiger partial charge < -0.3 is 104 Å². The fourth-order valence-corrected chi connectivity index (χ4v) is 9.40. The van der Waals surface area contributed by atoms with E-state index in [0.717, 1.165) is 104 Å². The van der Waals surface area contributed by atoms with Crippen molar-refractivity contribution in [3.63, 3.8) is 0 Å². The van der Waals surface area contributed by atoms with Gasteiger partial charge in [-0.05, 0) is 197 Å². The number of benzene rings is 8. The maximum atomic E-state index is 12.2. The molecule has 2 unspecified atom stereocenters. The summed E-state index contributed by atoms with van der Waals surface area (Å²) < 4.78 is 27.1. The van der Waals surface area contributed by atoms with Crippen LogP contribution in [0.15, 0.2) is 249 Å². The lowest BCUT2D eigenvalue weighted by Gasteiger charge is -2.15. The first kappa shape index (κ1) is 98.7. The van der Waals surface area contributed by atoms with E-state index in [1.54, 1.807) is 44.7 Å². The second-order valence-electron chi connectivity index (χ2n) is 25.3. The van der Waals surface area contributed by atoms with Gasteiger partial charge in [0.15, 0.2) is 0 Å². The van der Waals surface area contributed by atoms with Crippen molar-refractivity contribution in [2.45, 2.75) is 128 Å². The molecule has 1 aliphatic heterocycles. The number of fused-ring (bicyclic) bond motifs is 1. The number of rotatable bonds is 18. The van der Waals surface area contributed by atoms with Gasteiger partial charge >= 0.3 is 0 Å². The van der Waals surface area contributed by atoms with Crippen molar-refractivity contribution >= 4 is 22.5 Å². The van der Waals surface area contributed by atoms with E-state index in [4.69, 9.17) is 88.1 Å². The molecule has 8 aromatic carbocycles. The molecule has 0 radical (unpaired) electrons. The molecule has 0 spiro atoms. The molecule has 2 aliphatic carbocycles. The van der Waals surface area contributed by atoms with E-state index in [1.165, 1.54) is 90.2 Å². The summed E-state index contributed by atoms with van der Waals surface area (Å²) in [6.07, 6.45) is 16.5. The Morgan fingerprint density at radius 1 is 0.582 bits per heavy atom. The maximum absolute atomic E-state index is 12.2. The first-order chi connectivity index (χ1) is 53.5. The fourth-order valence-electron chi connectivity index (χ4n) is 9.40. The second kappa shape index (κ2) is 67.8. The molecule has 2 saturated carbocycles. The van der Waals surface area contributed by atoms with Crippen LogP contribution in [0.1, 0.15) is 115 Å². The van der Waals surface area contributed by atoms with Gasteiger partial charge in [-0.15, -0.1) is 0 Å². The molecule has 28 N–H and O–H groups in total. The molecule has 3 aliphatic rings. The number of H-pyrrole nitrogens is 1. The van der Waals surface area contributed by atoms with Crippen molar-refractivity contribution in [3.8, 4) is 11.5 Å². The molecule has 0 bridgehead atoms. The van der Waals surface area contributed by atoms with Gasteiger partial charge in [0.2, 0.25) is 5.91 Å². The number of pyridine rings is 1. The van der Waals surface area contributed by atoms with E-state index in [0.29, 0.717) is 51.7 Å². The Morgan fingerprint density at radius 3 is 1.42 bits per heavy atom. The average Bonchev–Trinajstić information content (AvgIpc) is 1.70. The predicted octanol–water partition coefficient (Wildman–Crippen LogP) is 11.2. The Morgan fingerprint density at radius 2 is 1.06 bits per heavy atom. The number of morpholine rings is 1. The number of para-hydroxylation sites is 1. The largest absolute Gasteiger partial charge is 0.497 e. The number of carbonyl (C=O) groups excluding carboxylic acids is 1. The van der Waals surface area contributed by atoms with Crippen LogP contribution < -0.4 is 88.9 Å². The van der Waals surface area contributed by atoms with Crippen LogP contribution in [0.25, 0.3) is 10.9 Å². The SMILES string of the molecule is C1COCCN1.CC(N)c1ccccc1.CNCc1ccccc1.COc1ccc(CN)cc1.COc1ccc(N)cc1.NC(=O)C(N)Cc1ccccc1.NC1CCCCC1.NCC1CC1.NCCCCO.NCCc1c[nH]c2ccccc12.NCc1ccc(F)cc1.NCc1ccccc1.NCc1ccccn1. The Hall–Kier alpha value is -9.31. The van der Waals surface area contributed by atoms with Crippen LogP contribution >= 0.6 is 0 Å². The number of aromatic nitrogens is 2. The summed E-state index contributed by atoms with van der Waals surface area (Å²) in [4.78, 5) is 17.8. The lowest BCUT2D eigenvalue weighted by Crippen LogP contribution is -2.38. The van der Waals surface area contributed by atoms with Crippen molar-refractivity contribution in [2.24, 2.45) is 69.0 Å². The van der Waals surface area contributed by atoms with Gasteiger partial charge in [0.05, 0.1) is 39.2 Å². The Bertz CT molecular complexity index is 3520. The van der Waals surface area contributed by atoms with E-state index in [2.05, 4.69) is 50.9 Å². The van der Waals surface area contributed by atoms with Gasteiger partial charge in [-0.3, -0.25) is 9.78 Å². The highest BCUT2D eigenvalue weighted by Gasteiger charge is 2.18. The molecule has 3 fully saturated rings. The average molecular weight is 1510 g/mol. The molecule has 1 saturated heterocycles. The zero-order valence-corrected chi connectivity index (χ0v) is 65.8. The quantitative estimate of drug-likeness (QED) is 0.0280. The summed E-state index contributed by atoms with van der Waals surface area (Å²) >= 11 is 0. The van der Waals surface area contributed by atoms with Crippen LogP contribution in [-0.4, -0.2) is 107 Å². The van der Waals surface area contributed by atoms with Crippen molar-refractivity contribution in [3.05, 3.63) is 299 Å². The van der Waals surface area contributed by atoms with Crippen molar-refractivity contribution in [1.82, 2.24) is 20.6 Å². The molecule has 13 rings (SSSR count). The molecular weight excluding hydrogens is 1380 g/mol. The molecule has 2 aromatic heterocycles. The number of primary amides is 1. The molecule has 110 heavy (non-hydrogen) atoms. The van der Waals surface area contributed by atoms with E-state index >= 15 is 0 Å². The molecular formula is C88H133FN16O5. The number of aromatic amines is 1. The smallest absolute Gasteiger partial charge is 0.234 e. The maximum Gasteiger partial charge on any atom is 0.234 e. The van der Waals surface area contributed by atoms with Gasteiger partial charge in [0.1, 0.15) is 17.3 Å². The third-order valence-corrected chi connectivity index (χ3v) is 16.1. The number of hydrogen-bond donors (Lipinski definition) is 16. The predicted molar refractivity (Wildman–Crippen MR) is 458 cm³/mol. The molecule has 602 valence electrons. The minimum absolute atomic E-state index is 0.159. The zero-order chi connectivity index (χ0) is 80.9. The van der Waals surface area contributed by atoms with Crippen LogP contribution in [0.4, 0.5) is 10.1 Å². The highest BCUT2D eigenvalue weighted by atomic mass is 19.1. The number of anilines is 1. The standard InChI is InChI=1S/C10H12N2.C9H12N2O.C8H11NO.2C8H11N.C7H8FN.C7H9NO.C7H9N.C6H8N2.C6H13N.C4H9NO.C4H11NO.C4H9N/c11-6-5-8-7-12-10-4-2-1-3-9(8)10;10-8(9(11)12)6-7-4-2-1-3-5-7;1-10-8-4-2-7(6-9)3-5-8;1-9-7-8-5-3-2-4-6-8;1-7(9)8-5-3-2-4-6-8;8-7-3-1-6(5-9)2-4-7;1-9-7-4-2-6(8)3-5-7;8-6-7-4-2-1-3-5-7;7-5-6-3-1-2-4-8-6;7-6-4-2-1-3-5-6;1-3-6-4-2-5-1;5-3-1-2-4-6;5-3-4-1-2-4/h1-4,7,12H,5-6,11H2;1-5,8H,6,10H2,(H2,11,12);2-5H,6,9H2,1H3;2-6,9H,7H2,1H3;2-7H,9H2,1H3;1-4H,5,9H2;2-5H,8H2,1H3;1-5H,6,8H2;1-4H,5,7H2;6H,1-5,7H2;5H,1-4H2;6H,1-5H2;4H,1-3,5H2. The number of nitrogens with one attached hydrogen (secondary N) is 3. The van der Waals surface area contributed by atoms with E-state index in [9.17, 15) is 9.18 Å². The highest BCUT2D eigenvalue weighted by molar-refractivity contribution is 5.83. The summed E-state index contributed by atoms with van der Waals surface area (Å²) in [5.74, 6) is 1.95. The van der Waals surface area contributed by atoms with Gasteiger partial charge in [0.25, 0.3) is 0 Å². The molecule has 1 amide bonds. The Labute approximate surface area is 656 Å². The lowest BCUT2D eigenvalue weighted by atomic mass is 9.97. The normalized spacial score (nSPS) is 12.5. The minimum Gasteiger partial charge on any atom is -0.497 e. The van der Waals surface area contributed by atoms with Crippen LogP contribution in [0, 0.1) is 11.7 Å². The monoisotopic (exact) mass is 1510 g/mol. The lowest BCUT2D eigenvalue weighted by molar-refractivity contribution is -0.119. The first-order valence-corrected chi connectivity index (χ1v) is 37.9. The van der Waals surface area contributed by atoms with Crippen molar-refractivity contribution < 1.29 is 28.5 Å². The van der Waals surface area contributed by atoms with Gasteiger partial charge in [0, 0.05) is 93.5 Å². The number of nitrogens with zero attached hydrogens (tertiary/aromatic N) is 1. The number of halogens is 1.